The summed E-state index contributed by atoms with van der Waals surface area (Å²) in [5.41, 5.74) is 0. The molecule has 0 spiro atoms. The Kier molecular flexibility index (Phi) is 53.0. The van der Waals surface area contributed by atoms with Gasteiger partial charge in [-0.25, -0.2) is 0 Å². The zero-order valence-corrected chi connectivity index (χ0v) is 44.5. The Morgan fingerprint density at radius 2 is 0.565 bits per heavy atom. The van der Waals surface area contributed by atoms with E-state index in [2.05, 4.69) is 142 Å². The molecule has 0 radical (unpaired) electrons. The van der Waals surface area contributed by atoms with E-state index in [0.717, 1.165) is 122 Å². The summed E-state index contributed by atoms with van der Waals surface area (Å²) in [6.45, 7) is 6.32. The topological polar surface area (TPSA) is 78.9 Å². The van der Waals surface area contributed by atoms with Gasteiger partial charge in [0, 0.05) is 19.3 Å². The Morgan fingerprint density at radius 3 is 0.928 bits per heavy atom. The maximum atomic E-state index is 12.8. The van der Waals surface area contributed by atoms with Crippen molar-refractivity contribution in [3.8, 4) is 0 Å². The SMILES string of the molecule is CC/C=C\C/C=C\C/C=C\C/C=C\CCCCC(=O)OC(COC(=O)CCCCC/C=C\C/C=C\C/C=C\CC)COC(=O)CCCCCCCCCC/C=C\C/C=C\C/C=C\CCCCCCC. The van der Waals surface area contributed by atoms with E-state index in [-0.39, 0.29) is 37.5 Å². The number of hydrogen-bond donors (Lipinski definition) is 0. The molecule has 0 fully saturated rings. The number of carbonyl (C=O) groups is 3. The molecule has 69 heavy (non-hydrogen) atoms. The van der Waals surface area contributed by atoms with Gasteiger partial charge in [0.15, 0.2) is 6.10 Å². The molecular weight excluding hydrogens is 853 g/mol. The van der Waals surface area contributed by atoms with Gasteiger partial charge in [-0.3, -0.25) is 14.4 Å². The summed E-state index contributed by atoms with van der Waals surface area (Å²) in [5.74, 6) is -0.995. The maximum absolute atomic E-state index is 12.8. The van der Waals surface area contributed by atoms with Crippen LogP contribution in [0.25, 0.3) is 0 Å². The number of ether oxygens (including phenoxy) is 3. The second-order valence-corrected chi connectivity index (χ2v) is 18.1. The normalized spacial score (nSPS) is 13.0. The molecule has 6 nitrogen and oxygen atoms in total. The average molecular weight is 956 g/mol. The first-order valence-electron chi connectivity index (χ1n) is 28.0. The van der Waals surface area contributed by atoms with Crippen molar-refractivity contribution in [1.29, 1.82) is 0 Å². The number of rotatable bonds is 49. The lowest BCUT2D eigenvalue weighted by molar-refractivity contribution is -0.167. The first kappa shape index (κ1) is 64.8. The van der Waals surface area contributed by atoms with Crippen molar-refractivity contribution in [3.63, 3.8) is 0 Å². The van der Waals surface area contributed by atoms with Crippen LogP contribution in [0.5, 0.6) is 0 Å². The van der Waals surface area contributed by atoms with E-state index in [1.54, 1.807) is 0 Å². The smallest absolute Gasteiger partial charge is 0.306 e. The average Bonchev–Trinajstić information content (AvgIpc) is 3.35. The highest BCUT2D eigenvalue weighted by molar-refractivity contribution is 5.71. The maximum Gasteiger partial charge on any atom is 0.306 e. The molecule has 0 aliphatic rings. The van der Waals surface area contributed by atoms with Gasteiger partial charge >= 0.3 is 17.9 Å². The fourth-order valence-corrected chi connectivity index (χ4v) is 7.28. The monoisotopic (exact) mass is 955 g/mol. The van der Waals surface area contributed by atoms with Crippen LogP contribution >= 0.6 is 0 Å². The van der Waals surface area contributed by atoms with Gasteiger partial charge in [-0.05, 0) is 128 Å². The molecule has 0 aromatic rings. The highest BCUT2D eigenvalue weighted by atomic mass is 16.6. The van der Waals surface area contributed by atoms with E-state index < -0.39 is 6.10 Å². The Hall–Kier alpha value is -4.19. The van der Waals surface area contributed by atoms with Gasteiger partial charge in [0.25, 0.3) is 0 Å². The third kappa shape index (κ3) is 54.6. The largest absolute Gasteiger partial charge is 0.462 e. The van der Waals surface area contributed by atoms with E-state index >= 15 is 0 Å². The minimum Gasteiger partial charge on any atom is -0.462 e. The van der Waals surface area contributed by atoms with Crippen molar-refractivity contribution in [3.05, 3.63) is 122 Å². The second kappa shape index (κ2) is 56.4. The zero-order chi connectivity index (χ0) is 50.0. The molecule has 390 valence electrons. The number of hydrogen-bond acceptors (Lipinski definition) is 6. The molecule has 1 atom stereocenters. The fraction of sp³-hybridized carbons (Fsp3) is 0.635. The number of carbonyl (C=O) groups excluding carboxylic acids is 3. The molecule has 0 aliphatic heterocycles. The molecule has 0 rings (SSSR count). The first-order valence-corrected chi connectivity index (χ1v) is 28.0. The van der Waals surface area contributed by atoms with Gasteiger partial charge in [0.2, 0.25) is 0 Å². The summed E-state index contributed by atoms with van der Waals surface area (Å²) < 4.78 is 16.8. The van der Waals surface area contributed by atoms with E-state index in [4.69, 9.17) is 14.2 Å². The minimum absolute atomic E-state index is 0.111. The van der Waals surface area contributed by atoms with Crippen molar-refractivity contribution in [2.75, 3.05) is 13.2 Å². The van der Waals surface area contributed by atoms with Crippen LogP contribution in [0.4, 0.5) is 0 Å². The Balaban J connectivity index is 4.44. The van der Waals surface area contributed by atoms with Gasteiger partial charge in [-0.2, -0.15) is 0 Å². The molecule has 0 N–H and O–H groups in total. The van der Waals surface area contributed by atoms with Crippen molar-refractivity contribution >= 4 is 17.9 Å². The van der Waals surface area contributed by atoms with Gasteiger partial charge in [0.05, 0.1) is 0 Å². The summed E-state index contributed by atoms with van der Waals surface area (Å²) in [5, 5.41) is 0. The van der Waals surface area contributed by atoms with Gasteiger partial charge < -0.3 is 14.2 Å². The molecule has 0 heterocycles. The third-order valence-corrected chi connectivity index (χ3v) is 11.4. The molecule has 1 unspecified atom stereocenters. The van der Waals surface area contributed by atoms with Crippen molar-refractivity contribution < 1.29 is 28.6 Å². The lowest BCUT2D eigenvalue weighted by Crippen LogP contribution is -2.30. The highest BCUT2D eigenvalue weighted by Crippen LogP contribution is 2.13. The molecular formula is C63H102O6. The molecule has 6 heteroatoms. The van der Waals surface area contributed by atoms with Gasteiger partial charge in [-0.15, -0.1) is 0 Å². The van der Waals surface area contributed by atoms with E-state index in [0.29, 0.717) is 19.3 Å². The lowest BCUT2D eigenvalue weighted by atomic mass is 10.1. The van der Waals surface area contributed by atoms with E-state index in [1.165, 1.54) is 70.6 Å². The molecule has 0 bridgehead atoms. The summed E-state index contributed by atoms with van der Waals surface area (Å²) in [4.78, 5) is 38.1. The standard InChI is InChI=1S/C63H102O6/c1-4-7-10-13-16-19-22-25-27-28-29-30-31-32-33-34-36-38-41-44-47-50-53-56-62(65)68-59-60(58-67-61(64)55-52-49-46-43-40-37-24-21-18-15-12-9-6-3)69-63(66)57-54-51-48-45-42-39-35-26-23-20-17-14-11-8-5-2/h8-9,11-12,17-18,20-22,25-26,28-29,31-32,35,37,40,42,45,60H,4-7,10,13-16,19,23-24,27,30,33-34,36,38-39,41,43-44,46-59H2,1-3H3/b11-8-,12-9-,20-17-,21-18-,25-22-,29-28-,32-31-,35-26-,40-37-,45-42-. The molecule has 0 saturated carbocycles. The lowest BCUT2D eigenvalue weighted by Gasteiger charge is -2.18. The summed E-state index contributed by atoms with van der Waals surface area (Å²) in [7, 11) is 0. The number of unbranched alkanes of at least 4 members (excludes halogenated alkanes) is 18. The summed E-state index contributed by atoms with van der Waals surface area (Å²) >= 11 is 0. The van der Waals surface area contributed by atoms with Crippen LogP contribution in [-0.4, -0.2) is 37.2 Å². The molecule has 0 aromatic carbocycles. The van der Waals surface area contributed by atoms with E-state index in [9.17, 15) is 14.4 Å². The Bertz CT molecular complexity index is 1470. The Labute approximate surface area is 424 Å². The molecule has 0 amide bonds. The predicted molar refractivity (Wildman–Crippen MR) is 297 cm³/mol. The van der Waals surface area contributed by atoms with Crippen LogP contribution in [0.15, 0.2) is 122 Å². The fourth-order valence-electron chi connectivity index (χ4n) is 7.28. The summed E-state index contributed by atoms with van der Waals surface area (Å²) in [6.07, 6.45) is 77.7. The van der Waals surface area contributed by atoms with Crippen molar-refractivity contribution in [2.24, 2.45) is 0 Å². The van der Waals surface area contributed by atoms with Gasteiger partial charge in [0.1, 0.15) is 13.2 Å². The summed E-state index contributed by atoms with van der Waals surface area (Å²) in [6, 6.07) is 0. The van der Waals surface area contributed by atoms with Gasteiger partial charge in [-0.1, -0.05) is 213 Å². The van der Waals surface area contributed by atoms with E-state index in [1.807, 2.05) is 0 Å². The van der Waals surface area contributed by atoms with Crippen molar-refractivity contribution in [1.82, 2.24) is 0 Å². The Morgan fingerprint density at radius 1 is 0.304 bits per heavy atom. The van der Waals surface area contributed by atoms with Crippen LogP contribution in [0.3, 0.4) is 0 Å². The molecule has 0 saturated heterocycles. The molecule has 0 aliphatic carbocycles. The van der Waals surface area contributed by atoms with Crippen LogP contribution in [-0.2, 0) is 28.6 Å². The molecule has 0 aromatic heterocycles. The first-order chi connectivity index (χ1) is 34.0. The van der Waals surface area contributed by atoms with Crippen LogP contribution in [0.2, 0.25) is 0 Å². The van der Waals surface area contributed by atoms with Crippen LogP contribution in [0.1, 0.15) is 239 Å². The quantitative estimate of drug-likeness (QED) is 0.0262. The van der Waals surface area contributed by atoms with Crippen LogP contribution < -0.4 is 0 Å². The number of allylic oxidation sites excluding steroid dienone is 20. The predicted octanol–water partition coefficient (Wildman–Crippen LogP) is 18.9. The van der Waals surface area contributed by atoms with Crippen molar-refractivity contribution in [2.45, 2.75) is 245 Å². The second-order valence-electron chi connectivity index (χ2n) is 18.1. The van der Waals surface area contributed by atoms with Crippen LogP contribution in [0, 0.1) is 0 Å². The highest BCUT2D eigenvalue weighted by Gasteiger charge is 2.19. The third-order valence-electron chi connectivity index (χ3n) is 11.4. The number of esters is 3. The zero-order valence-electron chi connectivity index (χ0n) is 44.5. The minimum atomic E-state index is -0.819.